The van der Waals surface area contributed by atoms with Crippen LogP contribution in [0.15, 0.2) is 53.4 Å². The number of halogens is 1. The first-order valence-corrected chi connectivity index (χ1v) is 8.53. The number of nitrogens with one attached hydrogen (secondary N) is 2. The van der Waals surface area contributed by atoms with Crippen LogP contribution in [0.1, 0.15) is 6.92 Å². The second-order valence-electron chi connectivity index (χ2n) is 4.99. The van der Waals surface area contributed by atoms with E-state index in [0.717, 1.165) is 12.1 Å². The average molecular weight is 352 g/mol. The first-order chi connectivity index (χ1) is 11.3. The molecule has 1 amide bonds. The minimum Gasteiger partial charge on any atom is -0.497 e. The van der Waals surface area contributed by atoms with Crippen molar-refractivity contribution in [2.45, 2.75) is 17.9 Å². The van der Waals surface area contributed by atoms with Gasteiger partial charge in [0.2, 0.25) is 15.9 Å². The number of hydrogen-bond acceptors (Lipinski definition) is 4. The molecule has 2 N–H and O–H groups in total. The van der Waals surface area contributed by atoms with Gasteiger partial charge in [-0.3, -0.25) is 4.79 Å². The summed E-state index contributed by atoms with van der Waals surface area (Å²) in [6.45, 7) is 1.37. The SMILES string of the molecule is COc1cccc(NC(=O)[C@H](C)NS(=O)(=O)c2ccccc2F)c1. The Hall–Kier alpha value is -2.45. The lowest BCUT2D eigenvalue weighted by Crippen LogP contribution is -2.41. The zero-order valence-electron chi connectivity index (χ0n) is 13.1. The molecule has 2 aromatic carbocycles. The fourth-order valence-electron chi connectivity index (χ4n) is 1.96. The summed E-state index contributed by atoms with van der Waals surface area (Å²) in [6, 6.07) is 10.5. The van der Waals surface area contributed by atoms with E-state index in [1.807, 2.05) is 0 Å². The Morgan fingerprint density at radius 1 is 1.17 bits per heavy atom. The van der Waals surface area contributed by atoms with Gasteiger partial charge in [-0.15, -0.1) is 0 Å². The molecule has 0 unspecified atom stereocenters. The third-order valence-electron chi connectivity index (χ3n) is 3.19. The van der Waals surface area contributed by atoms with Crippen molar-refractivity contribution in [1.29, 1.82) is 0 Å². The Bertz CT molecular complexity index is 839. The smallest absolute Gasteiger partial charge is 0.244 e. The maximum Gasteiger partial charge on any atom is 0.244 e. The van der Waals surface area contributed by atoms with Crippen molar-refractivity contribution < 1.29 is 22.3 Å². The predicted molar refractivity (Wildman–Crippen MR) is 87.8 cm³/mol. The van der Waals surface area contributed by atoms with Crippen LogP contribution in [0.2, 0.25) is 0 Å². The van der Waals surface area contributed by atoms with Crippen molar-refractivity contribution in [2.75, 3.05) is 12.4 Å². The van der Waals surface area contributed by atoms with Gasteiger partial charge < -0.3 is 10.1 Å². The van der Waals surface area contributed by atoms with E-state index in [1.54, 1.807) is 24.3 Å². The lowest BCUT2D eigenvalue weighted by Gasteiger charge is -2.15. The van der Waals surface area contributed by atoms with Gasteiger partial charge in [0.25, 0.3) is 0 Å². The molecule has 6 nitrogen and oxygen atoms in total. The number of rotatable bonds is 6. The summed E-state index contributed by atoms with van der Waals surface area (Å²) in [5, 5.41) is 2.57. The highest BCUT2D eigenvalue weighted by molar-refractivity contribution is 7.89. The highest BCUT2D eigenvalue weighted by Crippen LogP contribution is 2.17. The minimum absolute atomic E-state index is 0.455. The molecule has 8 heteroatoms. The van der Waals surface area contributed by atoms with Gasteiger partial charge in [0, 0.05) is 11.8 Å². The van der Waals surface area contributed by atoms with Gasteiger partial charge in [-0.1, -0.05) is 18.2 Å². The summed E-state index contributed by atoms with van der Waals surface area (Å²) >= 11 is 0. The van der Waals surface area contributed by atoms with Gasteiger partial charge >= 0.3 is 0 Å². The van der Waals surface area contributed by atoms with Gasteiger partial charge in [0.15, 0.2) is 0 Å². The number of carbonyl (C=O) groups is 1. The summed E-state index contributed by atoms with van der Waals surface area (Å²) < 4.78 is 45.2. The molecule has 0 aliphatic rings. The third kappa shape index (κ3) is 4.30. The van der Waals surface area contributed by atoms with Crippen LogP contribution in [-0.4, -0.2) is 27.5 Å². The highest BCUT2D eigenvalue weighted by atomic mass is 32.2. The molecule has 0 aliphatic carbocycles. The van der Waals surface area contributed by atoms with Crippen LogP contribution >= 0.6 is 0 Å². The highest BCUT2D eigenvalue weighted by Gasteiger charge is 2.24. The van der Waals surface area contributed by atoms with Gasteiger partial charge in [-0.25, -0.2) is 12.8 Å². The molecule has 24 heavy (non-hydrogen) atoms. The maximum absolute atomic E-state index is 13.6. The monoisotopic (exact) mass is 352 g/mol. The topological polar surface area (TPSA) is 84.5 Å². The van der Waals surface area contributed by atoms with Crippen LogP contribution in [0, 0.1) is 5.82 Å². The molecule has 2 rings (SSSR count). The summed E-state index contributed by atoms with van der Waals surface area (Å²) in [5.41, 5.74) is 0.455. The molecule has 0 spiro atoms. The molecule has 0 saturated carbocycles. The number of anilines is 1. The van der Waals surface area contributed by atoms with E-state index in [1.165, 1.54) is 26.2 Å². The van der Waals surface area contributed by atoms with Crippen LogP contribution in [0.4, 0.5) is 10.1 Å². The quantitative estimate of drug-likeness (QED) is 0.834. The molecular weight excluding hydrogens is 335 g/mol. The first kappa shape index (κ1) is 17.9. The van der Waals surface area contributed by atoms with Gasteiger partial charge in [-0.2, -0.15) is 4.72 Å². The number of methoxy groups -OCH3 is 1. The molecule has 128 valence electrons. The van der Waals surface area contributed by atoms with E-state index in [4.69, 9.17) is 4.74 Å². The summed E-state index contributed by atoms with van der Waals surface area (Å²) in [5.74, 6) is -0.916. The van der Waals surface area contributed by atoms with Crippen molar-refractivity contribution in [3.63, 3.8) is 0 Å². The second-order valence-corrected chi connectivity index (χ2v) is 6.68. The lowest BCUT2D eigenvalue weighted by molar-refractivity contribution is -0.117. The number of ether oxygens (including phenoxy) is 1. The molecular formula is C16H17FN2O4S. The Morgan fingerprint density at radius 2 is 1.88 bits per heavy atom. The van der Waals surface area contributed by atoms with Crippen LogP contribution in [-0.2, 0) is 14.8 Å². The molecule has 2 aromatic rings. The van der Waals surface area contributed by atoms with Crippen LogP contribution in [0.25, 0.3) is 0 Å². The molecule has 0 heterocycles. The Morgan fingerprint density at radius 3 is 2.54 bits per heavy atom. The summed E-state index contributed by atoms with van der Waals surface area (Å²) in [4.78, 5) is 11.6. The normalized spacial score (nSPS) is 12.5. The van der Waals surface area contributed by atoms with E-state index in [9.17, 15) is 17.6 Å². The number of sulfonamides is 1. The average Bonchev–Trinajstić information content (AvgIpc) is 2.54. The third-order valence-corrected chi connectivity index (χ3v) is 4.76. The lowest BCUT2D eigenvalue weighted by atomic mass is 10.2. The van der Waals surface area contributed by atoms with Gasteiger partial charge in [0.05, 0.1) is 13.2 Å². The zero-order valence-corrected chi connectivity index (χ0v) is 13.9. The molecule has 0 aromatic heterocycles. The molecule has 0 fully saturated rings. The fraction of sp³-hybridized carbons (Fsp3) is 0.188. The fourth-order valence-corrected chi connectivity index (χ4v) is 3.25. The molecule has 0 bridgehead atoms. The Balaban J connectivity index is 2.09. The minimum atomic E-state index is -4.15. The van der Waals surface area contributed by atoms with E-state index in [0.29, 0.717) is 11.4 Å². The Labute approximate surface area is 139 Å². The number of hydrogen-bond donors (Lipinski definition) is 2. The van der Waals surface area contributed by atoms with E-state index >= 15 is 0 Å². The predicted octanol–water partition coefficient (Wildman–Crippen LogP) is 2.14. The molecule has 0 saturated heterocycles. The maximum atomic E-state index is 13.6. The molecule has 1 atom stereocenters. The van der Waals surface area contributed by atoms with Gasteiger partial charge in [-0.05, 0) is 31.2 Å². The number of amides is 1. The number of benzene rings is 2. The standard InChI is InChI=1S/C16H17FN2O4S/c1-11(16(20)18-12-6-5-7-13(10-12)23-2)19-24(21,22)15-9-4-3-8-14(15)17/h3-11,19H,1-2H3,(H,18,20)/t11-/m0/s1. The molecule has 0 aliphatic heterocycles. The van der Waals surface area contributed by atoms with Crippen molar-refractivity contribution in [3.8, 4) is 5.75 Å². The summed E-state index contributed by atoms with van der Waals surface area (Å²) in [6.07, 6.45) is 0. The van der Waals surface area contributed by atoms with Crippen LogP contribution in [0.5, 0.6) is 5.75 Å². The van der Waals surface area contributed by atoms with Crippen molar-refractivity contribution in [3.05, 3.63) is 54.3 Å². The van der Waals surface area contributed by atoms with Crippen LogP contribution in [0.3, 0.4) is 0 Å². The first-order valence-electron chi connectivity index (χ1n) is 7.05. The zero-order chi connectivity index (χ0) is 17.7. The van der Waals surface area contributed by atoms with E-state index < -0.39 is 32.7 Å². The largest absolute Gasteiger partial charge is 0.497 e. The summed E-state index contributed by atoms with van der Waals surface area (Å²) in [7, 11) is -2.66. The van der Waals surface area contributed by atoms with E-state index in [-0.39, 0.29) is 0 Å². The van der Waals surface area contributed by atoms with Crippen molar-refractivity contribution in [2.24, 2.45) is 0 Å². The Kier molecular flexibility index (Phi) is 5.53. The molecule has 0 radical (unpaired) electrons. The van der Waals surface area contributed by atoms with Gasteiger partial charge in [0.1, 0.15) is 16.5 Å². The number of carbonyl (C=O) groups excluding carboxylic acids is 1. The second kappa shape index (κ2) is 7.41. The van der Waals surface area contributed by atoms with E-state index in [2.05, 4.69) is 10.0 Å². The van der Waals surface area contributed by atoms with Crippen LogP contribution < -0.4 is 14.8 Å². The van der Waals surface area contributed by atoms with Crippen molar-refractivity contribution in [1.82, 2.24) is 4.72 Å². The van der Waals surface area contributed by atoms with Crippen molar-refractivity contribution >= 4 is 21.6 Å².